The first-order chi connectivity index (χ1) is 21.7. The van der Waals surface area contributed by atoms with Crippen LogP contribution in [0.2, 0.25) is 0 Å². The van der Waals surface area contributed by atoms with Gasteiger partial charge in [-0.2, -0.15) is 10.2 Å². The summed E-state index contributed by atoms with van der Waals surface area (Å²) in [6, 6.07) is 14.7. The molecule has 6 aromatic rings. The zero-order valence-corrected chi connectivity index (χ0v) is 24.8. The summed E-state index contributed by atoms with van der Waals surface area (Å²) in [5, 5.41) is 24.4. The minimum Gasteiger partial charge on any atom is -0.323 e. The summed E-state index contributed by atoms with van der Waals surface area (Å²) in [6.45, 7) is 2.12. The third-order valence-electron chi connectivity index (χ3n) is 9.18. The molecule has 0 unspecified atom stereocenters. The Bertz CT molecular complexity index is 1920. The van der Waals surface area contributed by atoms with Gasteiger partial charge in [-0.3, -0.25) is 14.8 Å². The zero-order chi connectivity index (χ0) is 29.5. The van der Waals surface area contributed by atoms with Gasteiger partial charge in [-0.25, -0.2) is 15.0 Å². The van der Waals surface area contributed by atoms with Crippen molar-refractivity contribution in [2.24, 2.45) is 0 Å². The Balaban J connectivity index is 1.06. The Labute approximate surface area is 255 Å². The summed E-state index contributed by atoms with van der Waals surface area (Å²) in [6.07, 6.45) is 17.7. The zero-order valence-electron chi connectivity index (χ0n) is 24.8. The predicted molar refractivity (Wildman–Crippen MR) is 173 cm³/mol. The number of pyridine rings is 2. The van der Waals surface area contributed by atoms with Gasteiger partial charge in [0, 0.05) is 71.1 Å². The molecule has 0 radical (unpaired) electrons. The van der Waals surface area contributed by atoms with Gasteiger partial charge in [0.25, 0.3) is 0 Å². The van der Waals surface area contributed by atoms with Crippen molar-refractivity contribution >= 4 is 34.0 Å². The van der Waals surface area contributed by atoms with E-state index in [2.05, 4.69) is 77.8 Å². The second kappa shape index (κ2) is 11.3. The molecule has 5 aromatic heterocycles. The number of anilines is 4. The maximum absolute atomic E-state index is 4.77. The molecule has 10 nitrogen and oxygen atoms in total. The largest absolute Gasteiger partial charge is 0.323 e. The Hall–Kier alpha value is -4.99. The van der Waals surface area contributed by atoms with Crippen molar-refractivity contribution in [1.82, 2.24) is 39.9 Å². The number of fused-ring (bicyclic) bond motifs is 1. The topological polar surface area (TPSA) is 125 Å². The number of rotatable bonds is 8. The quantitative estimate of drug-likeness (QED) is 0.143. The number of nitrogens with zero attached hydrogens (tertiary/aromatic N) is 6. The number of aromatic amines is 2. The number of hydrogen-bond donors (Lipinski definition) is 4. The molecule has 44 heavy (non-hydrogen) atoms. The number of aryl methyl sites for hydroxylation is 1. The molecule has 0 spiro atoms. The molecule has 0 atom stereocenters. The predicted octanol–water partition coefficient (Wildman–Crippen LogP) is 8.04. The van der Waals surface area contributed by atoms with Crippen molar-refractivity contribution in [2.45, 2.75) is 70.1 Å². The Kier molecular flexibility index (Phi) is 6.81. The van der Waals surface area contributed by atoms with Gasteiger partial charge in [-0.1, -0.05) is 31.7 Å². The van der Waals surface area contributed by atoms with Gasteiger partial charge in [0.15, 0.2) is 11.6 Å². The van der Waals surface area contributed by atoms with Crippen LogP contribution < -0.4 is 10.6 Å². The molecule has 10 heteroatoms. The van der Waals surface area contributed by atoms with Crippen molar-refractivity contribution in [3.8, 4) is 17.1 Å². The van der Waals surface area contributed by atoms with Crippen molar-refractivity contribution in [2.75, 3.05) is 10.6 Å². The van der Waals surface area contributed by atoms with Crippen LogP contribution in [-0.4, -0.2) is 39.9 Å². The molecular weight excluding hydrogens is 548 g/mol. The van der Waals surface area contributed by atoms with E-state index in [9.17, 15) is 0 Å². The van der Waals surface area contributed by atoms with E-state index < -0.39 is 0 Å². The van der Waals surface area contributed by atoms with Crippen LogP contribution >= 0.6 is 0 Å². The van der Waals surface area contributed by atoms with Crippen LogP contribution in [-0.2, 0) is 0 Å². The molecule has 2 fully saturated rings. The number of benzene rings is 1. The van der Waals surface area contributed by atoms with E-state index in [0.717, 1.165) is 56.7 Å². The number of imidazole rings is 1. The lowest BCUT2D eigenvalue weighted by molar-refractivity contribution is 0.693. The molecule has 0 aliphatic heterocycles. The fraction of sp³-hybridized carbons (Fsp3) is 0.324. The fourth-order valence-electron chi connectivity index (χ4n) is 6.96. The van der Waals surface area contributed by atoms with Crippen molar-refractivity contribution < 1.29 is 0 Å². The lowest BCUT2D eigenvalue weighted by Crippen LogP contribution is -2.01. The average Bonchev–Trinajstić information content (AvgIpc) is 3.87. The summed E-state index contributed by atoms with van der Waals surface area (Å²) in [4.78, 5) is 14.1. The summed E-state index contributed by atoms with van der Waals surface area (Å²) in [5.74, 6) is 5.07. The highest BCUT2D eigenvalue weighted by Crippen LogP contribution is 2.36. The van der Waals surface area contributed by atoms with E-state index in [1.807, 2.05) is 36.9 Å². The fourth-order valence-corrected chi connectivity index (χ4v) is 6.96. The third-order valence-corrected chi connectivity index (χ3v) is 9.18. The standard InChI is InChI=1S/C34H36N10/c1-21-14-25-17-31(39-33-19-28(41-43-33)23-8-4-5-9-23)37-20-26(25)29(15-21)44-13-12-36-34(44)24-10-11-35-30(16-24)38-32-18-27(40-42-32)22-6-2-3-7-22/h10-20,22-23H,2-9H2,1H3,(H2,35,38,40,42)(H2,37,39,41,43). The van der Waals surface area contributed by atoms with Crippen LogP contribution in [0.3, 0.4) is 0 Å². The highest BCUT2D eigenvalue weighted by molar-refractivity contribution is 5.92. The van der Waals surface area contributed by atoms with Crippen LogP contribution in [0, 0.1) is 6.92 Å². The Morgan fingerprint density at radius 3 is 2.05 bits per heavy atom. The first-order valence-electron chi connectivity index (χ1n) is 15.7. The normalized spacial score (nSPS) is 15.8. The second-order valence-corrected chi connectivity index (χ2v) is 12.3. The minimum atomic E-state index is 0.579. The molecule has 4 N–H and O–H groups in total. The average molecular weight is 585 g/mol. The molecule has 0 amide bonds. The van der Waals surface area contributed by atoms with Gasteiger partial charge in [0.05, 0.1) is 5.69 Å². The van der Waals surface area contributed by atoms with Crippen LogP contribution in [0.4, 0.5) is 23.3 Å². The van der Waals surface area contributed by atoms with Gasteiger partial charge < -0.3 is 10.6 Å². The van der Waals surface area contributed by atoms with E-state index in [4.69, 9.17) is 9.97 Å². The summed E-state index contributed by atoms with van der Waals surface area (Å²) in [7, 11) is 0. The van der Waals surface area contributed by atoms with Crippen LogP contribution in [0.5, 0.6) is 0 Å². The van der Waals surface area contributed by atoms with Crippen LogP contribution in [0.25, 0.3) is 27.8 Å². The van der Waals surface area contributed by atoms with Crippen LogP contribution in [0.1, 0.15) is 80.2 Å². The SMILES string of the molecule is Cc1cc(-n2ccnc2-c2ccnc(Nc3cc(C4CCCC4)[nH]n3)c2)c2cnc(Nc3cc(C4CCCC4)[nH]n3)cc2c1. The highest BCUT2D eigenvalue weighted by Gasteiger charge is 2.21. The van der Waals surface area contributed by atoms with E-state index >= 15 is 0 Å². The lowest BCUT2D eigenvalue weighted by Gasteiger charge is -2.14. The Morgan fingerprint density at radius 2 is 1.36 bits per heavy atom. The molecule has 2 aliphatic rings. The molecule has 222 valence electrons. The first-order valence-corrected chi connectivity index (χ1v) is 15.7. The molecule has 0 bridgehead atoms. The third kappa shape index (κ3) is 5.21. The minimum absolute atomic E-state index is 0.579. The van der Waals surface area contributed by atoms with Gasteiger partial charge in [-0.05, 0) is 67.8 Å². The van der Waals surface area contributed by atoms with Crippen LogP contribution in [0.15, 0.2) is 67.3 Å². The van der Waals surface area contributed by atoms with Crippen molar-refractivity contribution in [3.63, 3.8) is 0 Å². The monoisotopic (exact) mass is 584 g/mol. The Morgan fingerprint density at radius 1 is 0.705 bits per heavy atom. The molecule has 1 aromatic carbocycles. The summed E-state index contributed by atoms with van der Waals surface area (Å²) < 4.78 is 2.12. The molecule has 5 heterocycles. The van der Waals surface area contributed by atoms with Gasteiger partial charge in [0.2, 0.25) is 0 Å². The summed E-state index contributed by atoms with van der Waals surface area (Å²) in [5.41, 5.74) is 5.55. The smallest absolute Gasteiger partial charge is 0.153 e. The van der Waals surface area contributed by atoms with Gasteiger partial charge in [-0.15, -0.1) is 0 Å². The molecule has 0 saturated heterocycles. The molecular formula is C34H36N10. The second-order valence-electron chi connectivity index (χ2n) is 12.3. The number of nitrogens with one attached hydrogen (secondary N) is 4. The molecule has 8 rings (SSSR count). The van der Waals surface area contributed by atoms with E-state index in [0.29, 0.717) is 11.8 Å². The van der Waals surface area contributed by atoms with Gasteiger partial charge >= 0.3 is 0 Å². The van der Waals surface area contributed by atoms with Crippen molar-refractivity contribution in [1.29, 1.82) is 0 Å². The number of hydrogen-bond acceptors (Lipinski definition) is 7. The molecule has 2 saturated carbocycles. The number of aromatic nitrogens is 8. The molecule has 2 aliphatic carbocycles. The lowest BCUT2D eigenvalue weighted by atomic mass is 10.0. The van der Waals surface area contributed by atoms with E-state index in [1.54, 1.807) is 0 Å². The van der Waals surface area contributed by atoms with Crippen molar-refractivity contribution in [3.05, 3.63) is 84.2 Å². The highest BCUT2D eigenvalue weighted by atomic mass is 15.2. The van der Waals surface area contributed by atoms with E-state index in [1.165, 1.54) is 62.8 Å². The maximum Gasteiger partial charge on any atom is 0.153 e. The van der Waals surface area contributed by atoms with Gasteiger partial charge in [0.1, 0.15) is 17.5 Å². The van der Waals surface area contributed by atoms with E-state index in [-0.39, 0.29) is 0 Å². The first kappa shape index (κ1) is 26.6. The maximum atomic E-state index is 4.77. The summed E-state index contributed by atoms with van der Waals surface area (Å²) >= 11 is 0. The number of H-pyrrole nitrogens is 2.